The van der Waals surface area contributed by atoms with Crippen LogP contribution in [-0.2, 0) is 6.54 Å². The number of aromatic nitrogens is 2. The first kappa shape index (κ1) is 21.5. The molecule has 1 heterocycles. The Kier molecular flexibility index (Phi) is 10.2. The summed E-state index contributed by atoms with van der Waals surface area (Å²) in [5.74, 6) is 1.96. The number of aryl methyl sites for hydroxylation is 2. The van der Waals surface area contributed by atoms with Crippen LogP contribution in [0.4, 0.5) is 0 Å². The summed E-state index contributed by atoms with van der Waals surface area (Å²) in [6.07, 6.45) is 6.24. The SMILES string of the molecule is C/C=C/CCNC(=NCCCn1c(C)nc2ccccc21)NCC.I. The Bertz CT molecular complexity index is 690. The van der Waals surface area contributed by atoms with E-state index in [1.807, 2.05) is 13.0 Å². The summed E-state index contributed by atoms with van der Waals surface area (Å²) < 4.78 is 2.28. The van der Waals surface area contributed by atoms with Crippen LogP contribution in [0, 0.1) is 6.92 Å². The van der Waals surface area contributed by atoms with Crippen LogP contribution in [0.15, 0.2) is 41.4 Å². The fourth-order valence-corrected chi connectivity index (χ4v) is 2.68. The van der Waals surface area contributed by atoms with Gasteiger partial charge < -0.3 is 15.2 Å². The molecule has 2 N–H and O–H groups in total. The van der Waals surface area contributed by atoms with Crippen molar-refractivity contribution in [3.63, 3.8) is 0 Å². The lowest BCUT2D eigenvalue weighted by Gasteiger charge is -2.11. The van der Waals surface area contributed by atoms with Crippen LogP contribution in [0.1, 0.15) is 32.5 Å². The van der Waals surface area contributed by atoms with Crippen LogP contribution >= 0.6 is 24.0 Å². The molecule has 0 aliphatic heterocycles. The Morgan fingerprint density at radius 1 is 1.28 bits per heavy atom. The molecule has 0 unspecified atom stereocenters. The van der Waals surface area contributed by atoms with Gasteiger partial charge in [0.2, 0.25) is 0 Å². The van der Waals surface area contributed by atoms with Crippen molar-refractivity contribution < 1.29 is 0 Å². The molecule has 0 fully saturated rings. The quantitative estimate of drug-likeness (QED) is 0.209. The molecule has 1 aromatic carbocycles. The number of imidazole rings is 1. The van der Waals surface area contributed by atoms with E-state index in [1.165, 1.54) is 5.52 Å². The largest absolute Gasteiger partial charge is 0.357 e. The second kappa shape index (κ2) is 11.9. The number of hydrogen-bond donors (Lipinski definition) is 2. The number of aliphatic imine (C=N–C) groups is 1. The highest BCUT2D eigenvalue weighted by Crippen LogP contribution is 2.15. The molecule has 0 spiro atoms. The number of para-hydroxylation sites is 2. The van der Waals surface area contributed by atoms with Crippen molar-refractivity contribution in [2.45, 2.75) is 40.2 Å². The van der Waals surface area contributed by atoms with Crippen molar-refractivity contribution in [1.29, 1.82) is 0 Å². The predicted octanol–water partition coefficient (Wildman–Crippen LogP) is 3.87. The number of hydrogen-bond acceptors (Lipinski definition) is 2. The zero-order valence-corrected chi connectivity index (χ0v) is 17.8. The molecule has 0 amide bonds. The number of nitrogens with zero attached hydrogens (tertiary/aromatic N) is 3. The first-order valence-electron chi connectivity index (χ1n) is 8.81. The molecule has 0 atom stereocenters. The molecule has 138 valence electrons. The van der Waals surface area contributed by atoms with Crippen LogP contribution in [0.3, 0.4) is 0 Å². The van der Waals surface area contributed by atoms with Crippen molar-refractivity contribution in [3.8, 4) is 0 Å². The van der Waals surface area contributed by atoms with Gasteiger partial charge in [-0.05, 0) is 45.7 Å². The third-order valence-corrected chi connectivity index (χ3v) is 3.84. The minimum absolute atomic E-state index is 0. The second-order valence-corrected chi connectivity index (χ2v) is 5.70. The number of fused-ring (bicyclic) bond motifs is 1. The van der Waals surface area contributed by atoms with Gasteiger partial charge in [0.05, 0.1) is 11.0 Å². The average Bonchev–Trinajstić information content (AvgIpc) is 2.91. The highest BCUT2D eigenvalue weighted by atomic mass is 127. The van der Waals surface area contributed by atoms with E-state index in [0.29, 0.717) is 0 Å². The molecule has 1 aromatic heterocycles. The lowest BCUT2D eigenvalue weighted by Crippen LogP contribution is -2.37. The van der Waals surface area contributed by atoms with E-state index in [4.69, 9.17) is 0 Å². The van der Waals surface area contributed by atoms with E-state index in [2.05, 4.69) is 69.4 Å². The molecule has 5 nitrogen and oxygen atoms in total. The monoisotopic (exact) mass is 455 g/mol. The molecule has 0 bridgehead atoms. The van der Waals surface area contributed by atoms with E-state index < -0.39 is 0 Å². The highest BCUT2D eigenvalue weighted by Gasteiger charge is 2.05. The third-order valence-electron chi connectivity index (χ3n) is 3.84. The van der Waals surface area contributed by atoms with Crippen LogP contribution < -0.4 is 10.6 Å². The molecular formula is C19H30IN5. The summed E-state index contributed by atoms with van der Waals surface area (Å²) in [7, 11) is 0. The zero-order valence-electron chi connectivity index (χ0n) is 15.5. The molecule has 2 aromatic rings. The minimum atomic E-state index is 0. The Balaban J connectivity index is 0.00000312. The van der Waals surface area contributed by atoms with Crippen molar-refractivity contribution in [1.82, 2.24) is 20.2 Å². The fraction of sp³-hybridized carbons (Fsp3) is 0.474. The van der Waals surface area contributed by atoms with Crippen LogP contribution in [0.2, 0.25) is 0 Å². The van der Waals surface area contributed by atoms with Crippen molar-refractivity contribution >= 4 is 41.0 Å². The molecule has 0 saturated carbocycles. The number of allylic oxidation sites excluding steroid dienone is 1. The third kappa shape index (κ3) is 6.68. The van der Waals surface area contributed by atoms with Gasteiger partial charge >= 0.3 is 0 Å². The van der Waals surface area contributed by atoms with Crippen LogP contribution in [-0.4, -0.2) is 35.1 Å². The highest BCUT2D eigenvalue weighted by molar-refractivity contribution is 14.0. The molecule has 6 heteroatoms. The van der Waals surface area contributed by atoms with Gasteiger partial charge in [0.25, 0.3) is 0 Å². The van der Waals surface area contributed by atoms with Gasteiger partial charge in [0.1, 0.15) is 5.82 Å². The Morgan fingerprint density at radius 2 is 2.08 bits per heavy atom. The normalized spacial score (nSPS) is 11.7. The number of guanidine groups is 1. The lowest BCUT2D eigenvalue weighted by atomic mass is 10.3. The first-order valence-corrected chi connectivity index (χ1v) is 8.81. The maximum atomic E-state index is 4.66. The number of nitrogens with one attached hydrogen (secondary N) is 2. The van der Waals surface area contributed by atoms with Gasteiger partial charge in [-0.15, -0.1) is 24.0 Å². The van der Waals surface area contributed by atoms with Crippen molar-refractivity contribution in [3.05, 3.63) is 42.2 Å². The van der Waals surface area contributed by atoms with Gasteiger partial charge in [-0.2, -0.15) is 0 Å². The predicted molar refractivity (Wildman–Crippen MR) is 118 cm³/mol. The number of rotatable bonds is 8. The van der Waals surface area contributed by atoms with E-state index >= 15 is 0 Å². The molecule has 0 saturated heterocycles. The summed E-state index contributed by atoms with van der Waals surface area (Å²) in [5, 5.41) is 6.65. The van der Waals surface area contributed by atoms with E-state index in [0.717, 1.165) is 56.3 Å². The van der Waals surface area contributed by atoms with Crippen molar-refractivity contribution in [2.24, 2.45) is 4.99 Å². The standard InChI is InChI=1S/C19H29N5.HI/c1-4-6-9-13-21-19(20-5-2)22-14-10-15-24-16(3)23-17-11-7-8-12-18(17)24;/h4,6-8,11-12H,5,9-10,13-15H2,1-3H3,(H2,20,21,22);1H/b6-4+;. The Labute approximate surface area is 168 Å². The minimum Gasteiger partial charge on any atom is -0.357 e. The lowest BCUT2D eigenvalue weighted by molar-refractivity contribution is 0.646. The molecule has 25 heavy (non-hydrogen) atoms. The number of halogens is 1. The molecule has 0 radical (unpaired) electrons. The Hall–Kier alpha value is -1.57. The van der Waals surface area contributed by atoms with Crippen molar-refractivity contribution in [2.75, 3.05) is 19.6 Å². The van der Waals surface area contributed by atoms with Gasteiger partial charge in [-0.3, -0.25) is 4.99 Å². The first-order chi connectivity index (χ1) is 11.8. The topological polar surface area (TPSA) is 54.2 Å². The van der Waals surface area contributed by atoms with Crippen LogP contribution in [0.5, 0.6) is 0 Å². The van der Waals surface area contributed by atoms with Gasteiger partial charge in [-0.1, -0.05) is 24.3 Å². The zero-order chi connectivity index (χ0) is 17.2. The number of benzene rings is 1. The summed E-state index contributed by atoms with van der Waals surface area (Å²) >= 11 is 0. The van der Waals surface area contributed by atoms with E-state index in [1.54, 1.807) is 0 Å². The molecule has 0 aliphatic carbocycles. The van der Waals surface area contributed by atoms with Gasteiger partial charge in [0, 0.05) is 26.2 Å². The summed E-state index contributed by atoms with van der Waals surface area (Å²) in [6, 6.07) is 8.29. The average molecular weight is 455 g/mol. The summed E-state index contributed by atoms with van der Waals surface area (Å²) in [6.45, 7) is 9.71. The van der Waals surface area contributed by atoms with E-state index in [9.17, 15) is 0 Å². The van der Waals surface area contributed by atoms with Gasteiger partial charge in [-0.25, -0.2) is 4.98 Å². The maximum Gasteiger partial charge on any atom is 0.191 e. The van der Waals surface area contributed by atoms with Gasteiger partial charge in [0.15, 0.2) is 5.96 Å². The summed E-state index contributed by atoms with van der Waals surface area (Å²) in [4.78, 5) is 9.27. The fourth-order valence-electron chi connectivity index (χ4n) is 2.68. The second-order valence-electron chi connectivity index (χ2n) is 5.70. The molecular weight excluding hydrogens is 425 g/mol. The van der Waals surface area contributed by atoms with Crippen LogP contribution in [0.25, 0.3) is 11.0 Å². The molecule has 0 aliphatic rings. The smallest absolute Gasteiger partial charge is 0.191 e. The maximum absolute atomic E-state index is 4.66. The van der Waals surface area contributed by atoms with E-state index in [-0.39, 0.29) is 24.0 Å². The summed E-state index contributed by atoms with van der Waals surface area (Å²) in [5.41, 5.74) is 2.27. The molecule has 2 rings (SSSR count). The Morgan fingerprint density at radius 3 is 2.84 bits per heavy atom.